The van der Waals surface area contributed by atoms with Gasteiger partial charge < -0.3 is 11.1 Å². The first kappa shape index (κ1) is 11.8. The fourth-order valence-corrected chi connectivity index (χ4v) is 2.02. The van der Waals surface area contributed by atoms with Crippen molar-refractivity contribution < 1.29 is 9.59 Å². The van der Waals surface area contributed by atoms with Crippen LogP contribution in [-0.2, 0) is 24.3 Å². The standard InChI is InChI=1S/C11H16N4O2/c1-2-7(16)6-15-9-5-13-4-3-8(9)10(14-15)11(12)17/h13H,2-6H2,1H3,(H2,12,17). The van der Waals surface area contributed by atoms with Gasteiger partial charge in [0.05, 0.1) is 12.2 Å². The van der Waals surface area contributed by atoms with Crippen molar-refractivity contribution in [1.82, 2.24) is 15.1 Å². The molecule has 0 saturated carbocycles. The number of Topliss-reactive ketones (excluding diaryl/α,β-unsaturated/α-hetero) is 1. The number of fused-ring (bicyclic) bond motifs is 1. The van der Waals surface area contributed by atoms with Crippen LogP contribution in [0.15, 0.2) is 0 Å². The summed E-state index contributed by atoms with van der Waals surface area (Å²) in [5, 5.41) is 7.36. The Morgan fingerprint density at radius 1 is 1.53 bits per heavy atom. The lowest BCUT2D eigenvalue weighted by Crippen LogP contribution is -2.27. The van der Waals surface area contributed by atoms with E-state index in [1.54, 1.807) is 4.68 Å². The number of hydrogen-bond donors (Lipinski definition) is 2. The van der Waals surface area contributed by atoms with Gasteiger partial charge in [0, 0.05) is 18.5 Å². The van der Waals surface area contributed by atoms with Gasteiger partial charge in [-0.05, 0) is 13.0 Å². The molecule has 0 unspecified atom stereocenters. The lowest BCUT2D eigenvalue weighted by atomic mass is 10.1. The molecule has 0 aliphatic carbocycles. The lowest BCUT2D eigenvalue weighted by molar-refractivity contribution is -0.119. The maximum Gasteiger partial charge on any atom is 0.269 e. The summed E-state index contributed by atoms with van der Waals surface area (Å²) in [6.45, 7) is 3.46. The summed E-state index contributed by atoms with van der Waals surface area (Å²) in [6.07, 6.45) is 1.20. The molecule has 17 heavy (non-hydrogen) atoms. The number of rotatable bonds is 4. The topological polar surface area (TPSA) is 90.0 Å². The molecule has 0 bridgehead atoms. The van der Waals surface area contributed by atoms with Crippen molar-refractivity contribution in [2.24, 2.45) is 5.73 Å². The molecule has 2 heterocycles. The van der Waals surface area contributed by atoms with Gasteiger partial charge >= 0.3 is 0 Å². The maximum absolute atomic E-state index is 11.4. The van der Waals surface area contributed by atoms with Gasteiger partial charge in [0.1, 0.15) is 0 Å². The Labute approximate surface area is 99.2 Å². The summed E-state index contributed by atoms with van der Waals surface area (Å²) in [5.74, 6) is -0.428. The molecule has 0 saturated heterocycles. The van der Waals surface area contributed by atoms with Crippen LogP contribution in [0.3, 0.4) is 0 Å². The number of ketones is 1. The highest BCUT2D eigenvalue weighted by molar-refractivity contribution is 5.92. The van der Waals surface area contributed by atoms with Crippen LogP contribution in [0.25, 0.3) is 0 Å². The van der Waals surface area contributed by atoms with Crippen LogP contribution in [0.2, 0.25) is 0 Å². The summed E-state index contributed by atoms with van der Waals surface area (Å²) in [5.41, 5.74) is 7.40. The second-order valence-electron chi connectivity index (χ2n) is 4.11. The van der Waals surface area contributed by atoms with Crippen LogP contribution < -0.4 is 11.1 Å². The number of hydrogen-bond acceptors (Lipinski definition) is 4. The van der Waals surface area contributed by atoms with Gasteiger partial charge in [0.25, 0.3) is 5.91 Å². The average Bonchev–Trinajstić information content (AvgIpc) is 2.68. The molecule has 0 atom stereocenters. The van der Waals surface area contributed by atoms with Gasteiger partial charge in [-0.1, -0.05) is 6.92 Å². The highest BCUT2D eigenvalue weighted by Crippen LogP contribution is 2.18. The van der Waals surface area contributed by atoms with Crippen molar-refractivity contribution in [3.63, 3.8) is 0 Å². The van der Waals surface area contributed by atoms with Gasteiger partial charge in [0.2, 0.25) is 0 Å². The van der Waals surface area contributed by atoms with Crippen LogP contribution in [-0.4, -0.2) is 28.0 Å². The molecule has 2 rings (SSSR count). The van der Waals surface area contributed by atoms with E-state index >= 15 is 0 Å². The summed E-state index contributed by atoms with van der Waals surface area (Å²) in [7, 11) is 0. The minimum atomic E-state index is -0.522. The summed E-state index contributed by atoms with van der Waals surface area (Å²) in [6, 6.07) is 0. The normalized spacial score (nSPS) is 14.4. The number of carbonyl (C=O) groups is 2. The molecule has 0 fully saturated rings. The smallest absolute Gasteiger partial charge is 0.269 e. The Hall–Kier alpha value is -1.69. The Kier molecular flexibility index (Phi) is 3.23. The van der Waals surface area contributed by atoms with Crippen molar-refractivity contribution in [3.8, 4) is 0 Å². The minimum Gasteiger partial charge on any atom is -0.364 e. The van der Waals surface area contributed by atoms with E-state index in [9.17, 15) is 9.59 Å². The monoisotopic (exact) mass is 236 g/mol. The van der Waals surface area contributed by atoms with Crippen LogP contribution in [0.5, 0.6) is 0 Å². The number of nitrogens with zero attached hydrogens (tertiary/aromatic N) is 2. The molecule has 6 nitrogen and oxygen atoms in total. The number of nitrogens with two attached hydrogens (primary N) is 1. The molecule has 1 amide bonds. The first-order chi connectivity index (χ1) is 8.13. The Balaban J connectivity index is 2.38. The fourth-order valence-electron chi connectivity index (χ4n) is 2.02. The number of carbonyl (C=O) groups excluding carboxylic acids is 2. The molecule has 0 radical (unpaired) electrons. The van der Waals surface area contributed by atoms with Crippen LogP contribution in [0.4, 0.5) is 0 Å². The van der Waals surface area contributed by atoms with Gasteiger partial charge in [-0.25, -0.2) is 0 Å². The summed E-state index contributed by atoms with van der Waals surface area (Å²) in [4.78, 5) is 22.7. The third kappa shape index (κ3) is 2.21. The average molecular weight is 236 g/mol. The van der Waals surface area contributed by atoms with E-state index in [4.69, 9.17) is 5.73 Å². The van der Waals surface area contributed by atoms with Gasteiger partial charge in [-0.15, -0.1) is 0 Å². The molecule has 1 aromatic heterocycles. The van der Waals surface area contributed by atoms with Gasteiger partial charge in [-0.3, -0.25) is 14.3 Å². The molecule has 1 aromatic rings. The van der Waals surface area contributed by atoms with Gasteiger partial charge in [0.15, 0.2) is 11.5 Å². The highest BCUT2D eigenvalue weighted by atomic mass is 16.1. The third-order valence-electron chi connectivity index (χ3n) is 2.96. The Bertz CT molecular complexity index is 464. The zero-order valence-electron chi connectivity index (χ0n) is 9.82. The highest BCUT2D eigenvalue weighted by Gasteiger charge is 2.23. The predicted octanol–water partition coefficient (Wildman–Crippen LogP) is -0.393. The van der Waals surface area contributed by atoms with E-state index < -0.39 is 5.91 Å². The second-order valence-corrected chi connectivity index (χ2v) is 4.11. The largest absolute Gasteiger partial charge is 0.364 e. The predicted molar refractivity (Wildman–Crippen MR) is 61.5 cm³/mol. The molecular formula is C11H16N4O2. The minimum absolute atomic E-state index is 0.0943. The maximum atomic E-state index is 11.4. The number of primary amides is 1. The molecular weight excluding hydrogens is 220 g/mol. The van der Waals surface area contributed by atoms with Gasteiger partial charge in [-0.2, -0.15) is 5.10 Å². The second kappa shape index (κ2) is 4.67. The quantitative estimate of drug-likeness (QED) is 0.744. The zero-order chi connectivity index (χ0) is 12.4. The first-order valence-corrected chi connectivity index (χ1v) is 5.74. The zero-order valence-corrected chi connectivity index (χ0v) is 9.82. The van der Waals surface area contributed by atoms with Crippen molar-refractivity contribution in [2.75, 3.05) is 6.54 Å². The molecule has 92 valence electrons. The third-order valence-corrected chi connectivity index (χ3v) is 2.96. The van der Waals surface area contributed by atoms with Crippen molar-refractivity contribution in [1.29, 1.82) is 0 Å². The first-order valence-electron chi connectivity index (χ1n) is 5.74. The molecule has 6 heteroatoms. The van der Waals surface area contributed by atoms with E-state index in [0.29, 0.717) is 18.7 Å². The number of amides is 1. The number of aromatic nitrogens is 2. The van der Waals surface area contributed by atoms with Crippen molar-refractivity contribution in [2.45, 2.75) is 32.9 Å². The van der Waals surface area contributed by atoms with E-state index in [-0.39, 0.29) is 12.3 Å². The molecule has 1 aliphatic heterocycles. The molecule has 3 N–H and O–H groups in total. The Morgan fingerprint density at radius 2 is 2.29 bits per heavy atom. The molecule has 0 spiro atoms. The van der Waals surface area contributed by atoms with E-state index in [0.717, 1.165) is 24.2 Å². The van der Waals surface area contributed by atoms with Crippen molar-refractivity contribution in [3.05, 3.63) is 17.0 Å². The van der Waals surface area contributed by atoms with E-state index in [2.05, 4.69) is 10.4 Å². The number of nitrogens with one attached hydrogen (secondary N) is 1. The van der Waals surface area contributed by atoms with E-state index in [1.165, 1.54) is 0 Å². The Morgan fingerprint density at radius 3 is 2.94 bits per heavy atom. The summed E-state index contributed by atoms with van der Waals surface area (Å²) < 4.78 is 1.60. The van der Waals surface area contributed by atoms with Crippen molar-refractivity contribution >= 4 is 11.7 Å². The van der Waals surface area contributed by atoms with E-state index in [1.807, 2.05) is 6.92 Å². The SMILES string of the molecule is CCC(=O)Cn1nc(C(N)=O)c2c1CNCC2. The molecule has 0 aromatic carbocycles. The van der Waals surface area contributed by atoms with Crippen LogP contribution in [0, 0.1) is 0 Å². The van der Waals surface area contributed by atoms with Crippen LogP contribution in [0.1, 0.15) is 35.1 Å². The lowest BCUT2D eigenvalue weighted by Gasteiger charge is -2.15. The van der Waals surface area contributed by atoms with Crippen LogP contribution >= 0.6 is 0 Å². The fraction of sp³-hybridized carbons (Fsp3) is 0.545. The summed E-state index contributed by atoms with van der Waals surface area (Å²) >= 11 is 0. The molecule has 1 aliphatic rings.